The third-order valence-corrected chi connectivity index (χ3v) is 11.6. The number of fused-ring (bicyclic) bond motifs is 5. The zero-order valence-electron chi connectivity index (χ0n) is 23.7. The molecule has 0 saturated heterocycles. The number of carbonyl (C=O) groups is 2. The van der Waals surface area contributed by atoms with Crippen LogP contribution in [0.2, 0.25) is 0 Å². The standard InChI is InChI=1S/C30H51NO6/c1-6-20-24-16-19(32)10-13-30(24,5)23-11-14-29(4)21(8-9-22(29)26(23)27(20)34)18(3)12-15-37-28(35)31-17-25(33)36-7-2/h18-24,26-27,32,34H,6-17H2,1-5H3,(H,31,35)/t18-,19-,20-,21-,22+,23+,24+,26?,27-,29-,30-/m1/s1. The molecule has 0 heterocycles. The van der Waals surface area contributed by atoms with E-state index in [-0.39, 0.29) is 42.1 Å². The fraction of sp³-hybridized carbons (Fsp3) is 0.933. The highest BCUT2D eigenvalue weighted by Crippen LogP contribution is 2.69. The van der Waals surface area contributed by atoms with Gasteiger partial charge in [-0.05, 0) is 111 Å². The molecule has 7 heteroatoms. The van der Waals surface area contributed by atoms with Gasteiger partial charge in [-0.1, -0.05) is 34.1 Å². The lowest BCUT2D eigenvalue weighted by molar-refractivity contribution is -0.203. The minimum Gasteiger partial charge on any atom is -0.465 e. The molecule has 37 heavy (non-hydrogen) atoms. The number of alkyl carbamates (subject to hydrolysis) is 1. The fourth-order valence-electron chi connectivity index (χ4n) is 9.88. The summed E-state index contributed by atoms with van der Waals surface area (Å²) in [5.41, 5.74) is 0.420. The number of carbonyl (C=O) groups excluding carboxylic acids is 2. The summed E-state index contributed by atoms with van der Waals surface area (Å²) >= 11 is 0. The lowest BCUT2D eigenvalue weighted by atomic mass is 9.41. The third-order valence-electron chi connectivity index (χ3n) is 11.6. The van der Waals surface area contributed by atoms with Crippen molar-refractivity contribution in [1.29, 1.82) is 0 Å². The summed E-state index contributed by atoms with van der Waals surface area (Å²) in [6, 6.07) is 0. The molecule has 4 rings (SSSR count). The first-order chi connectivity index (χ1) is 17.6. The van der Waals surface area contributed by atoms with Gasteiger partial charge >= 0.3 is 12.1 Å². The second-order valence-electron chi connectivity index (χ2n) is 13.2. The summed E-state index contributed by atoms with van der Waals surface area (Å²) in [6.07, 6.45) is 8.26. The maximum atomic E-state index is 12.0. The predicted octanol–water partition coefficient (Wildman–Crippen LogP) is 4.93. The van der Waals surface area contributed by atoms with Gasteiger partial charge in [0, 0.05) is 0 Å². The van der Waals surface area contributed by atoms with Crippen LogP contribution in [0.25, 0.3) is 0 Å². The molecule has 0 bridgehead atoms. The second-order valence-corrected chi connectivity index (χ2v) is 13.2. The van der Waals surface area contributed by atoms with Crippen molar-refractivity contribution in [2.75, 3.05) is 19.8 Å². The Kier molecular flexibility index (Phi) is 8.84. The van der Waals surface area contributed by atoms with Gasteiger partial charge in [-0.2, -0.15) is 0 Å². The first-order valence-corrected chi connectivity index (χ1v) is 15.0. The number of aliphatic hydroxyl groups excluding tert-OH is 2. The topological polar surface area (TPSA) is 105 Å². The van der Waals surface area contributed by atoms with Crippen LogP contribution in [0.3, 0.4) is 0 Å². The average Bonchev–Trinajstić information content (AvgIpc) is 3.21. The number of hydrogen-bond donors (Lipinski definition) is 3. The predicted molar refractivity (Wildman–Crippen MR) is 142 cm³/mol. The number of ether oxygens (including phenoxy) is 2. The van der Waals surface area contributed by atoms with Crippen LogP contribution in [0.1, 0.15) is 92.4 Å². The van der Waals surface area contributed by atoms with Crippen LogP contribution >= 0.6 is 0 Å². The van der Waals surface area contributed by atoms with Gasteiger partial charge in [-0.3, -0.25) is 4.79 Å². The highest BCUT2D eigenvalue weighted by molar-refractivity contribution is 5.77. The molecular weight excluding hydrogens is 470 g/mol. The Labute approximate surface area is 223 Å². The van der Waals surface area contributed by atoms with E-state index in [0.717, 1.165) is 32.1 Å². The van der Waals surface area contributed by atoms with Gasteiger partial charge in [-0.15, -0.1) is 0 Å². The molecule has 0 aromatic rings. The largest absolute Gasteiger partial charge is 0.465 e. The van der Waals surface area contributed by atoms with E-state index in [2.05, 4.69) is 33.0 Å². The first kappa shape index (κ1) is 28.7. The summed E-state index contributed by atoms with van der Waals surface area (Å²) < 4.78 is 10.2. The van der Waals surface area contributed by atoms with Crippen molar-refractivity contribution in [2.45, 2.75) is 105 Å². The van der Waals surface area contributed by atoms with E-state index in [1.54, 1.807) is 6.92 Å². The summed E-state index contributed by atoms with van der Waals surface area (Å²) in [4.78, 5) is 23.4. The van der Waals surface area contributed by atoms with Gasteiger partial charge in [0.25, 0.3) is 0 Å². The molecule has 11 atom stereocenters. The van der Waals surface area contributed by atoms with Crippen LogP contribution < -0.4 is 5.32 Å². The summed E-state index contributed by atoms with van der Waals surface area (Å²) in [6.45, 7) is 11.6. The fourth-order valence-corrected chi connectivity index (χ4v) is 9.88. The molecule has 0 radical (unpaired) electrons. The molecule has 0 aromatic heterocycles. The average molecular weight is 522 g/mol. The van der Waals surface area contributed by atoms with Gasteiger partial charge in [-0.25, -0.2) is 4.79 Å². The Hall–Kier alpha value is -1.34. The van der Waals surface area contributed by atoms with Crippen molar-refractivity contribution in [1.82, 2.24) is 5.32 Å². The molecule has 1 amide bonds. The van der Waals surface area contributed by atoms with E-state index in [9.17, 15) is 19.8 Å². The molecule has 0 aromatic carbocycles. The van der Waals surface area contributed by atoms with Gasteiger partial charge in [0.15, 0.2) is 0 Å². The van der Waals surface area contributed by atoms with Gasteiger partial charge in [0.2, 0.25) is 0 Å². The van der Waals surface area contributed by atoms with Crippen LogP contribution in [0.15, 0.2) is 0 Å². The van der Waals surface area contributed by atoms with E-state index in [0.29, 0.717) is 42.1 Å². The summed E-state index contributed by atoms with van der Waals surface area (Å²) in [7, 11) is 0. The van der Waals surface area contributed by atoms with E-state index in [1.807, 2.05) is 0 Å². The smallest absolute Gasteiger partial charge is 0.407 e. The Morgan fingerprint density at radius 1 is 0.973 bits per heavy atom. The molecule has 4 aliphatic carbocycles. The van der Waals surface area contributed by atoms with Gasteiger partial charge in [0.05, 0.1) is 25.4 Å². The Morgan fingerprint density at radius 3 is 2.38 bits per heavy atom. The zero-order valence-corrected chi connectivity index (χ0v) is 23.7. The maximum Gasteiger partial charge on any atom is 0.407 e. The SMILES string of the molecule is CCOC(=O)CNC(=O)OCC[C@@H](C)[C@H]1CC[C@H]2C3[C@H](O)[C@H](CC)[C@@H]4C[C@H](O)CC[C@]4(C)[C@H]3CC[C@]12C. The maximum absolute atomic E-state index is 12.0. The highest BCUT2D eigenvalue weighted by atomic mass is 16.6. The van der Waals surface area contributed by atoms with Crippen LogP contribution in [0.4, 0.5) is 4.79 Å². The molecule has 0 aliphatic heterocycles. The zero-order chi connectivity index (χ0) is 27.0. The summed E-state index contributed by atoms with van der Waals surface area (Å²) in [5, 5.41) is 24.8. The number of aliphatic hydroxyl groups is 2. The van der Waals surface area contributed by atoms with Crippen LogP contribution in [-0.4, -0.2) is 54.2 Å². The molecule has 7 nitrogen and oxygen atoms in total. The van der Waals surface area contributed by atoms with Crippen molar-refractivity contribution < 1.29 is 29.3 Å². The van der Waals surface area contributed by atoms with E-state index >= 15 is 0 Å². The van der Waals surface area contributed by atoms with E-state index in [4.69, 9.17) is 9.47 Å². The number of amides is 1. The molecule has 0 spiro atoms. The molecule has 1 unspecified atom stereocenters. The van der Waals surface area contributed by atoms with E-state index in [1.165, 1.54) is 25.7 Å². The Bertz CT molecular complexity index is 820. The third kappa shape index (κ3) is 5.28. The first-order valence-electron chi connectivity index (χ1n) is 15.0. The van der Waals surface area contributed by atoms with Crippen molar-refractivity contribution in [3.05, 3.63) is 0 Å². The van der Waals surface area contributed by atoms with Gasteiger partial charge in [0.1, 0.15) is 6.54 Å². The molecule has 4 saturated carbocycles. The second kappa shape index (κ2) is 11.4. The lowest BCUT2D eigenvalue weighted by Gasteiger charge is -2.64. The van der Waals surface area contributed by atoms with Crippen LogP contribution in [-0.2, 0) is 14.3 Å². The van der Waals surface area contributed by atoms with Crippen LogP contribution in [0, 0.1) is 52.3 Å². The number of rotatable bonds is 8. The quantitative estimate of drug-likeness (QED) is 0.391. The molecular formula is C30H51NO6. The number of esters is 1. The number of hydrogen-bond acceptors (Lipinski definition) is 6. The monoisotopic (exact) mass is 521 g/mol. The van der Waals surface area contributed by atoms with E-state index < -0.39 is 12.1 Å². The number of nitrogens with one attached hydrogen (secondary N) is 1. The van der Waals surface area contributed by atoms with Crippen molar-refractivity contribution in [3.8, 4) is 0 Å². The van der Waals surface area contributed by atoms with Crippen molar-refractivity contribution in [3.63, 3.8) is 0 Å². The van der Waals surface area contributed by atoms with Crippen molar-refractivity contribution in [2.24, 2.45) is 52.3 Å². The molecule has 212 valence electrons. The normalized spacial score (nSPS) is 43.6. The minimum absolute atomic E-state index is 0.174. The Morgan fingerprint density at radius 2 is 1.68 bits per heavy atom. The lowest BCUT2D eigenvalue weighted by Crippen LogP contribution is -2.62. The highest BCUT2D eigenvalue weighted by Gasteiger charge is 2.64. The van der Waals surface area contributed by atoms with Crippen LogP contribution in [0.5, 0.6) is 0 Å². The van der Waals surface area contributed by atoms with Gasteiger partial charge < -0.3 is 25.0 Å². The van der Waals surface area contributed by atoms with Crippen molar-refractivity contribution >= 4 is 12.1 Å². The molecule has 4 fully saturated rings. The summed E-state index contributed by atoms with van der Waals surface area (Å²) in [5.74, 6) is 2.63. The minimum atomic E-state index is -0.576. The molecule has 3 N–H and O–H groups in total. The Balaban J connectivity index is 1.39. The molecule has 4 aliphatic rings.